The van der Waals surface area contributed by atoms with Crippen molar-refractivity contribution in [3.05, 3.63) is 111 Å². The summed E-state index contributed by atoms with van der Waals surface area (Å²) in [7, 11) is 1.48. The van der Waals surface area contributed by atoms with Crippen molar-refractivity contribution in [3.63, 3.8) is 0 Å². The highest BCUT2D eigenvalue weighted by molar-refractivity contribution is 6.46. The number of rotatable bonds is 9. The molecule has 4 rings (SSSR count). The molecular weight excluding hydrogens is 476 g/mol. The standard InChI is InChI=1S/C28H26N2O7/c1-18-6-3-4-7-21(18)17-37-23-12-10-19(11-13-23)25-24(27(32)28(33)29(25)14-15-36-2)26(31)20-8-5-9-22(16-20)30(34)35/h3-13,16,25,31H,14-15,17H2,1-2H3/b26-24-. The summed E-state index contributed by atoms with van der Waals surface area (Å²) in [4.78, 5) is 37.9. The number of aryl methyl sites for hydroxylation is 1. The third kappa shape index (κ3) is 5.36. The first kappa shape index (κ1) is 25.6. The molecule has 3 aromatic carbocycles. The predicted octanol–water partition coefficient (Wildman–Crippen LogP) is 4.55. The van der Waals surface area contributed by atoms with Gasteiger partial charge < -0.3 is 19.5 Å². The Labute approximate surface area is 213 Å². The maximum atomic E-state index is 13.0. The molecule has 1 N–H and O–H groups in total. The molecule has 0 saturated carbocycles. The predicted molar refractivity (Wildman–Crippen MR) is 136 cm³/mol. The fourth-order valence-electron chi connectivity index (χ4n) is 4.25. The fourth-order valence-corrected chi connectivity index (χ4v) is 4.25. The van der Waals surface area contributed by atoms with Crippen LogP contribution in [0.3, 0.4) is 0 Å². The second-order valence-electron chi connectivity index (χ2n) is 8.58. The number of methoxy groups -OCH3 is 1. The van der Waals surface area contributed by atoms with E-state index in [1.165, 1.54) is 30.2 Å². The van der Waals surface area contributed by atoms with Crippen molar-refractivity contribution < 1.29 is 29.1 Å². The van der Waals surface area contributed by atoms with Gasteiger partial charge in [-0.2, -0.15) is 0 Å². The molecule has 9 heteroatoms. The average Bonchev–Trinajstić information content (AvgIpc) is 3.16. The minimum atomic E-state index is -0.903. The van der Waals surface area contributed by atoms with Crippen molar-refractivity contribution >= 4 is 23.1 Å². The minimum absolute atomic E-state index is 0.0714. The van der Waals surface area contributed by atoms with E-state index in [1.54, 1.807) is 24.3 Å². The lowest BCUT2D eigenvalue weighted by Gasteiger charge is -2.25. The number of non-ortho nitro benzene ring substituents is 1. The molecule has 1 atom stereocenters. The molecule has 190 valence electrons. The highest BCUT2D eigenvalue weighted by atomic mass is 16.6. The lowest BCUT2D eigenvalue weighted by Crippen LogP contribution is -2.32. The van der Waals surface area contributed by atoms with Gasteiger partial charge in [0, 0.05) is 31.4 Å². The van der Waals surface area contributed by atoms with Crippen LogP contribution in [0.4, 0.5) is 5.69 Å². The van der Waals surface area contributed by atoms with Gasteiger partial charge in [0.05, 0.1) is 23.1 Å². The van der Waals surface area contributed by atoms with E-state index in [2.05, 4.69) is 0 Å². The largest absolute Gasteiger partial charge is 0.507 e. The topological polar surface area (TPSA) is 119 Å². The van der Waals surface area contributed by atoms with E-state index in [0.717, 1.165) is 17.2 Å². The summed E-state index contributed by atoms with van der Waals surface area (Å²) in [5, 5.41) is 22.3. The van der Waals surface area contributed by atoms with Gasteiger partial charge in [0.2, 0.25) is 0 Å². The van der Waals surface area contributed by atoms with Crippen LogP contribution in [-0.2, 0) is 20.9 Å². The Bertz CT molecular complexity index is 1360. The van der Waals surface area contributed by atoms with Crippen molar-refractivity contribution in [1.82, 2.24) is 4.90 Å². The van der Waals surface area contributed by atoms with Crippen molar-refractivity contribution in [1.29, 1.82) is 0 Å². The molecule has 1 unspecified atom stereocenters. The number of nitrogens with zero attached hydrogens (tertiary/aromatic N) is 2. The fraction of sp³-hybridized carbons (Fsp3) is 0.214. The van der Waals surface area contributed by atoms with Crippen LogP contribution >= 0.6 is 0 Å². The number of carbonyl (C=O) groups excluding carboxylic acids is 2. The highest BCUT2D eigenvalue weighted by Crippen LogP contribution is 2.40. The number of ether oxygens (including phenoxy) is 2. The molecule has 9 nitrogen and oxygen atoms in total. The van der Waals surface area contributed by atoms with E-state index < -0.39 is 28.4 Å². The lowest BCUT2D eigenvalue weighted by atomic mass is 9.95. The Morgan fingerprint density at radius 2 is 1.78 bits per heavy atom. The van der Waals surface area contributed by atoms with Gasteiger partial charge in [0.15, 0.2) is 0 Å². The number of hydrogen-bond acceptors (Lipinski definition) is 7. The molecule has 0 radical (unpaired) electrons. The van der Waals surface area contributed by atoms with E-state index in [9.17, 15) is 24.8 Å². The van der Waals surface area contributed by atoms with Gasteiger partial charge in [-0.3, -0.25) is 19.7 Å². The number of aliphatic hydroxyl groups excluding tert-OH is 1. The van der Waals surface area contributed by atoms with Crippen LogP contribution in [0.25, 0.3) is 5.76 Å². The molecule has 37 heavy (non-hydrogen) atoms. The number of likely N-dealkylation sites (tertiary alicyclic amines) is 1. The maximum absolute atomic E-state index is 13.0. The van der Waals surface area contributed by atoms with Gasteiger partial charge >= 0.3 is 0 Å². The van der Waals surface area contributed by atoms with Crippen molar-refractivity contribution in [2.24, 2.45) is 0 Å². The summed E-state index contributed by atoms with van der Waals surface area (Å²) in [6.45, 7) is 2.68. The summed E-state index contributed by atoms with van der Waals surface area (Å²) < 4.78 is 11.0. The molecule has 3 aromatic rings. The molecule has 1 heterocycles. The summed E-state index contributed by atoms with van der Waals surface area (Å²) in [5.74, 6) is -1.54. The van der Waals surface area contributed by atoms with Crippen LogP contribution in [0.2, 0.25) is 0 Å². The molecule has 0 spiro atoms. The lowest BCUT2D eigenvalue weighted by molar-refractivity contribution is -0.384. The van der Waals surface area contributed by atoms with Crippen LogP contribution in [0.5, 0.6) is 5.75 Å². The van der Waals surface area contributed by atoms with Gasteiger partial charge in [0.25, 0.3) is 17.4 Å². The van der Waals surface area contributed by atoms with Crippen molar-refractivity contribution in [2.45, 2.75) is 19.6 Å². The van der Waals surface area contributed by atoms with Gasteiger partial charge in [0.1, 0.15) is 18.1 Å². The smallest absolute Gasteiger partial charge is 0.295 e. The van der Waals surface area contributed by atoms with Crippen LogP contribution < -0.4 is 4.74 Å². The molecule has 1 aliphatic heterocycles. The maximum Gasteiger partial charge on any atom is 0.295 e. The van der Waals surface area contributed by atoms with Gasteiger partial charge in [-0.25, -0.2) is 0 Å². The van der Waals surface area contributed by atoms with E-state index in [0.29, 0.717) is 17.9 Å². The molecule has 1 aliphatic rings. The van der Waals surface area contributed by atoms with E-state index in [4.69, 9.17) is 9.47 Å². The van der Waals surface area contributed by atoms with Gasteiger partial charge in [-0.05, 0) is 35.7 Å². The molecule has 0 bridgehead atoms. The first-order valence-electron chi connectivity index (χ1n) is 11.6. The second kappa shape index (κ2) is 11.0. The number of aliphatic hydroxyl groups is 1. The van der Waals surface area contributed by atoms with Crippen LogP contribution in [-0.4, -0.2) is 46.9 Å². The zero-order chi connectivity index (χ0) is 26.5. The SMILES string of the molecule is COCCN1C(=O)C(=O)/C(=C(\O)c2cccc([N+](=O)[O-])c2)C1c1ccc(OCc2ccccc2C)cc1. The number of benzene rings is 3. The number of carbonyl (C=O) groups is 2. The van der Waals surface area contributed by atoms with Crippen LogP contribution in [0.15, 0.2) is 78.4 Å². The quantitative estimate of drug-likeness (QED) is 0.150. The molecule has 1 fully saturated rings. The Hall–Kier alpha value is -4.50. The number of nitro groups is 1. The Morgan fingerprint density at radius 1 is 1.05 bits per heavy atom. The molecule has 0 aromatic heterocycles. The monoisotopic (exact) mass is 502 g/mol. The van der Waals surface area contributed by atoms with Gasteiger partial charge in [-0.1, -0.05) is 48.5 Å². The number of Topliss-reactive ketones (excluding diaryl/α,β-unsaturated/α-hetero) is 1. The number of hydrogen-bond donors (Lipinski definition) is 1. The number of nitro benzene ring substituents is 1. The molecule has 0 aliphatic carbocycles. The van der Waals surface area contributed by atoms with Gasteiger partial charge in [-0.15, -0.1) is 0 Å². The Balaban J connectivity index is 1.69. The summed E-state index contributed by atoms with van der Waals surface area (Å²) >= 11 is 0. The normalized spacial score (nSPS) is 16.7. The number of amides is 1. The van der Waals surface area contributed by atoms with Crippen molar-refractivity contribution in [2.75, 3.05) is 20.3 Å². The third-order valence-corrected chi connectivity index (χ3v) is 6.26. The third-order valence-electron chi connectivity index (χ3n) is 6.26. The zero-order valence-corrected chi connectivity index (χ0v) is 20.4. The van der Waals surface area contributed by atoms with Crippen LogP contribution in [0.1, 0.15) is 28.3 Å². The average molecular weight is 503 g/mol. The van der Waals surface area contributed by atoms with E-state index in [1.807, 2.05) is 31.2 Å². The minimum Gasteiger partial charge on any atom is -0.507 e. The number of ketones is 1. The highest BCUT2D eigenvalue weighted by Gasteiger charge is 2.46. The van der Waals surface area contributed by atoms with Crippen LogP contribution in [0, 0.1) is 17.0 Å². The second-order valence-corrected chi connectivity index (χ2v) is 8.58. The summed E-state index contributed by atoms with van der Waals surface area (Å²) in [6.07, 6.45) is 0. The summed E-state index contributed by atoms with van der Waals surface area (Å²) in [5.41, 5.74) is 2.42. The molecular formula is C28H26N2O7. The summed E-state index contributed by atoms with van der Waals surface area (Å²) in [6, 6.07) is 19.2. The zero-order valence-electron chi connectivity index (χ0n) is 20.4. The van der Waals surface area contributed by atoms with E-state index in [-0.39, 0.29) is 30.0 Å². The molecule has 1 saturated heterocycles. The Morgan fingerprint density at radius 3 is 2.46 bits per heavy atom. The molecule has 1 amide bonds. The first-order chi connectivity index (χ1) is 17.8. The van der Waals surface area contributed by atoms with E-state index >= 15 is 0 Å². The van der Waals surface area contributed by atoms with Crippen molar-refractivity contribution in [3.8, 4) is 5.75 Å². The Kier molecular flexibility index (Phi) is 7.64. The first-order valence-corrected chi connectivity index (χ1v) is 11.6.